The lowest BCUT2D eigenvalue weighted by Crippen LogP contribution is -2.35. The number of hydrogen-bond donors (Lipinski definition) is 2. The molecule has 1 aromatic heterocycles. The molecule has 4 nitrogen and oxygen atoms in total. The van der Waals surface area contributed by atoms with Crippen molar-refractivity contribution in [2.45, 2.75) is 6.04 Å². The summed E-state index contributed by atoms with van der Waals surface area (Å²) in [6.45, 7) is 2.34. The van der Waals surface area contributed by atoms with Crippen LogP contribution in [0.2, 0.25) is 0 Å². The molecule has 1 fully saturated rings. The topological polar surface area (TPSA) is 49.9 Å². The van der Waals surface area contributed by atoms with Gasteiger partial charge in [0.2, 0.25) is 0 Å². The fraction of sp³-hybridized carbons (Fsp3) is 0.308. The number of ether oxygens (including phenoxy) is 1. The molecule has 4 heteroatoms. The first-order valence-corrected chi connectivity index (χ1v) is 5.85. The fourth-order valence-electron chi connectivity index (χ4n) is 2.02. The molecule has 17 heavy (non-hydrogen) atoms. The molecule has 1 unspecified atom stereocenters. The zero-order chi connectivity index (χ0) is 11.5. The number of nitrogens with one attached hydrogen (secondary N) is 2. The Bertz CT molecular complexity index is 474. The maximum atomic E-state index is 5.43. The molecule has 0 spiro atoms. The monoisotopic (exact) mass is 229 g/mol. The molecule has 1 aliphatic heterocycles. The van der Waals surface area contributed by atoms with Crippen LogP contribution < -0.4 is 5.32 Å². The second-order valence-corrected chi connectivity index (χ2v) is 4.13. The molecule has 2 heterocycles. The van der Waals surface area contributed by atoms with E-state index in [4.69, 9.17) is 4.74 Å². The van der Waals surface area contributed by atoms with E-state index in [0.717, 1.165) is 30.2 Å². The third kappa shape index (κ3) is 2.23. The zero-order valence-corrected chi connectivity index (χ0v) is 9.52. The first kappa shape index (κ1) is 10.5. The van der Waals surface area contributed by atoms with E-state index in [-0.39, 0.29) is 6.04 Å². The molecule has 0 aliphatic carbocycles. The summed E-state index contributed by atoms with van der Waals surface area (Å²) in [5, 5.41) is 3.38. The number of nitrogens with zero attached hydrogens (tertiary/aromatic N) is 1. The smallest absolute Gasteiger partial charge is 0.126 e. The first-order chi connectivity index (χ1) is 8.43. The second-order valence-electron chi connectivity index (χ2n) is 4.13. The molecule has 1 aliphatic rings. The molecule has 88 valence electrons. The van der Waals surface area contributed by atoms with Crippen LogP contribution in [-0.4, -0.2) is 29.7 Å². The number of rotatable bonds is 2. The van der Waals surface area contributed by atoms with Crippen LogP contribution in [-0.2, 0) is 4.74 Å². The standard InChI is InChI=1S/C13H15N3O/c1-2-4-10(5-3-1)11-8-15-13(16-11)12-9-17-7-6-14-12/h1-5,8,12,14H,6-7,9H2,(H,15,16). The Kier molecular flexibility index (Phi) is 2.90. The van der Waals surface area contributed by atoms with Crippen LogP contribution in [0.1, 0.15) is 11.9 Å². The van der Waals surface area contributed by atoms with Gasteiger partial charge in [0.05, 0.1) is 31.1 Å². The Labute approximate surface area is 100 Å². The highest BCUT2D eigenvalue weighted by Crippen LogP contribution is 2.19. The van der Waals surface area contributed by atoms with Gasteiger partial charge in [0.1, 0.15) is 5.82 Å². The maximum absolute atomic E-state index is 5.43. The van der Waals surface area contributed by atoms with Crippen molar-refractivity contribution in [3.05, 3.63) is 42.4 Å². The molecule has 3 rings (SSSR count). The van der Waals surface area contributed by atoms with Gasteiger partial charge in [0, 0.05) is 6.54 Å². The number of benzene rings is 1. The number of hydrogen-bond acceptors (Lipinski definition) is 3. The Balaban J connectivity index is 1.83. The summed E-state index contributed by atoms with van der Waals surface area (Å²) in [6, 6.07) is 10.4. The molecule has 0 amide bonds. The lowest BCUT2D eigenvalue weighted by molar-refractivity contribution is 0.0745. The van der Waals surface area contributed by atoms with Gasteiger partial charge in [-0.05, 0) is 5.56 Å². The van der Waals surface area contributed by atoms with Crippen molar-refractivity contribution in [1.29, 1.82) is 0 Å². The minimum absolute atomic E-state index is 0.182. The molecule has 1 saturated heterocycles. The van der Waals surface area contributed by atoms with Gasteiger partial charge >= 0.3 is 0 Å². The average Bonchev–Trinajstić information content (AvgIpc) is 2.90. The molecule has 1 atom stereocenters. The molecule has 0 bridgehead atoms. The van der Waals surface area contributed by atoms with Crippen LogP contribution in [0.25, 0.3) is 11.3 Å². The third-order valence-electron chi connectivity index (χ3n) is 2.93. The van der Waals surface area contributed by atoms with Gasteiger partial charge in [0.25, 0.3) is 0 Å². The van der Waals surface area contributed by atoms with Crippen LogP contribution in [0.15, 0.2) is 36.5 Å². The van der Waals surface area contributed by atoms with Crippen LogP contribution in [0.3, 0.4) is 0 Å². The predicted octanol–water partition coefficient (Wildman–Crippen LogP) is 1.74. The molecule has 1 aromatic carbocycles. The Hall–Kier alpha value is -1.65. The van der Waals surface area contributed by atoms with E-state index >= 15 is 0 Å². The summed E-state index contributed by atoms with van der Waals surface area (Å²) in [4.78, 5) is 7.76. The second kappa shape index (κ2) is 4.69. The normalized spacial score (nSPS) is 20.4. The Morgan fingerprint density at radius 2 is 2.12 bits per heavy atom. The number of H-pyrrole nitrogens is 1. The predicted molar refractivity (Wildman–Crippen MR) is 65.6 cm³/mol. The average molecular weight is 229 g/mol. The van der Waals surface area contributed by atoms with Crippen LogP contribution in [0.5, 0.6) is 0 Å². The summed E-state index contributed by atoms with van der Waals surface area (Å²) in [7, 11) is 0. The van der Waals surface area contributed by atoms with E-state index in [9.17, 15) is 0 Å². The van der Waals surface area contributed by atoms with Gasteiger partial charge in [0.15, 0.2) is 0 Å². The van der Waals surface area contributed by atoms with Crippen molar-refractivity contribution in [3.63, 3.8) is 0 Å². The van der Waals surface area contributed by atoms with Gasteiger partial charge < -0.3 is 15.0 Å². The third-order valence-corrected chi connectivity index (χ3v) is 2.93. The lowest BCUT2D eigenvalue weighted by Gasteiger charge is -2.21. The van der Waals surface area contributed by atoms with Crippen LogP contribution >= 0.6 is 0 Å². The Morgan fingerprint density at radius 3 is 2.88 bits per heavy atom. The Morgan fingerprint density at radius 1 is 1.24 bits per heavy atom. The summed E-state index contributed by atoms with van der Waals surface area (Å²) < 4.78 is 5.43. The number of morpholine rings is 1. The van der Waals surface area contributed by atoms with Gasteiger partial charge in [-0.2, -0.15) is 0 Å². The van der Waals surface area contributed by atoms with Crippen molar-refractivity contribution in [1.82, 2.24) is 15.3 Å². The van der Waals surface area contributed by atoms with Crippen molar-refractivity contribution >= 4 is 0 Å². The molecule has 2 N–H and O–H groups in total. The minimum atomic E-state index is 0.182. The molecule has 0 saturated carbocycles. The fourth-order valence-corrected chi connectivity index (χ4v) is 2.02. The van der Waals surface area contributed by atoms with Gasteiger partial charge in [-0.15, -0.1) is 0 Å². The van der Waals surface area contributed by atoms with E-state index in [1.165, 1.54) is 0 Å². The highest BCUT2D eigenvalue weighted by atomic mass is 16.5. The van der Waals surface area contributed by atoms with Crippen molar-refractivity contribution in [2.75, 3.05) is 19.8 Å². The largest absolute Gasteiger partial charge is 0.378 e. The van der Waals surface area contributed by atoms with Crippen LogP contribution in [0, 0.1) is 0 Å². The van der Waals surface area contributed by atoms with Crippen molar-refractivity contribution in [2.24, 2.45) is 0 Å². The summed E-state index contributed by atoms with van der Waals surface area (Å²) in [6.07, 6.45) is 1.88. The summed E-state index contributed by atoms with van der Waals surface area (Å²) in [5.74, 6) is 0.948. The van der Waals surface area contributed by atoms with E-state index < -0.39 is 0 Å². The van der Waals surface area contributed by atoms with E-state index in [0.29, 0.717) is 6.61 Å². The van der Waals surface area contributed by atoms with Gasteiger partial charge in [-0.1, -0.05) is 30.3 Å². The van der Waals surface area contributed by atoms with Crippen molar-refractivity contribution < 1.29 is 4.74 Å². The number of aromatic nitrogens is 2. The molecular formula is C13H15N3O. The highest BCUT2D eigenvalue weighted by molar-refractivity contribution is 5.58. The van der Waals surface area contributed by atoms with Gasteiger partial charge in [-0.3, -0.25) is 0 Å². The summed E-state index contributed by atoms with van der Waals surface area (Å²) in [5.41, 5.74) is 2.20. The van der Waals surface area contributed by atoms with Crippen molar-refractivity contribution in [3.8, 4) is 11.3 Å². The lowest BCUT2D eigenvalue weighted by atomic mass is 10.2. The van der Waals surface area contributed by atoms with E-state index in [2.05, 4.69) is 27.4 Å². The molecular weight excluding hydrogens is 214 g/mol. The number of imidazole rings is 1. The summed E-state index contributed by atoms with van der Waals surface area (Å²) >= 11 is 0. The first-order valence-electron chi connectivity index (χ1n) is 5.85. The van der Waals surface area contributed by atoms with Gasteiger partial charge in [-0.25, -0.2) is 4.98 Å². The van der Waals surface area contributed by atoms with Crippen LogP contribution in [0.4, 0.5) is 0 Å². The SMILES string of the molecule is c1ccc(-c2cnc(C3COCCN3)[nH]2)cc1. The quantitative estimate of drug-likeness (QED) is 0.824. The molecule has 2 aromatic rings. The maximum Gasteiger partial charge on any atom is 0.126 e. The minimum Gasteiger partial charge on any atom is -0.378 e. The number of aromatic amines is 1. The van der Waals surface area contributed by atoms with E-state index in [1.807, 2.05) is 24.4 Å². The highest BCUT2D eigenvalue weighted by Gasteiger charge is 2.18. The van der Waals surface area contributed by atoms with E-state index in [1.54, 1.807) is 0 Å². The zero-order valence-electron chi connectivity index (χ0n) is 9.52. The molecule has 0 radical (unpaired) electrons.